The molecule has 0 bridgehead atoms. The molecule has 0 spiro atoms. The molecule has 0 aliphatic carbocycles. The largest absolute Gasteiger partial charge is 0.358 e. The number of rotatable bonds is 2. The summed E-state index contributed by atoms with van der Waals surface area (Å²) in [4.78, 5) is 18.0. The van der Waals surface area contributed by atoms with E-state index in [2.05, 4.69) is 37.0 Å². The maximum Gasteiger partial charge on any atom is 0.257 e. The van der Waals surface area contributed by atoms with E-state index in [4.69, 9.17) is 0 Å². The number of H-pyrrole nitrogens is 1. The van der Waals surface area contributed by atoms with Gasteiger partial charge in [-0.3, -0.25) is 4.79 Å². The summed E-state index contributed by atoms with van der Waals surface area (Å²) in [6, 6.07) is 12.7. The normalized spacial score (nSPS) is 14.2. The lowest BCUT2D eigenvalue weighted by molar-refractivity contribution is 0.0730. The van der Waals surface area contributed by atoms with Crippen LogP contribution in [0.25, 0.3) is 10.9 Å². The standard InChI is InChI=1S/C21H21FN2O/c1-13(2)14-7-8-19-16(11-14)17-12-24(10-9-20(17)23-19)21(25)15-5-3-4-6-18(15)22/h3-8,11,13,23H,9-10,12H2,1-2H3. The second kappa shape index (κ2) is 6.03. The third-order valence-electron chi connectivity index (χ3n) is 5.06. The summed E-state index contributed by atoms with van der Waals surface area (Å²) >= 11 is 0. The minimum absolute atomic E-state index is 0.147. The zero-order valence-corrected chi connectivity index (χ0v) is 14.5. The predicted octanol–water partition coefficient (Wildman–Crippen LogP) is 4.63. The molecule has 1 amide bonds. The van der Waals surface area contributed by atoms with Gasteiger partial charge in [-0.1, -0.05) is 32.0 Å². The summed E-state index contributed by atoms with van der Waals surface area (Å²) in [6.45, 7) is 5.47. The van der Waals surface area contributed by atoms with Gasteiger partial charge in [0.05, 0.1) is 5.56 Å². The van der Waals surface area contributed by atoms with Crippen LogP contribution in [0.4, 0.5) is 4.39 Å². The van der Waals surface area contributed by atoms with Gasteiger partial charge in [0, 0.05) is 41.7 Å². The number of carbonyl (C=O) groups is 1. The number of hydrogen-bond donors (Lipinski definition) is 1. The number of aromatic amines is 1. The molecule has 0 saturated carbocycles. The highest BCUT2D eigenvalue weighted by Gasteiger charge is 2.26. The summed E-state index contributed by atoms with van der Waals surface area (Å²) in [5.74, 6) is -0.243. The third kappa shape index (κ3) is 2.72. The van der Waals surface area contributed by atoms with Crippen LogP contribution >= 0.6 is 0 Å². The first-order chi connectivity index (χ1) is 12.0. The van der Waals surface area contributed by atoms with Crippen molar-refractivity contribution in [1.82, 2.24) is 9.88 Å². The minimum Gasteiger partial charge on any atom is -0.358 e. The highest BCUT2D eigenvalue weighted by atomic mass is 19.1. The van der Waals surface area contributed by atoms with E-state index in [1.165, 1.54) is 22.7 Å². The van der Waals surface area contributed by atoms with E-state index in [9.17, 15) is 9.18 Å². The van der Waals surface area contributed by atoms with Crippen LogP contribution in [-0.4, -0.2) is 22.3 Å². The molecule has 4 rings (SSSR count). The molecule has 0 saturated heterocycles. The monoisotopic (exact) mass is 336 g/mol. The van der Waals surface area contributed by atoms with Crippen LogP contribution in [0.2, 0.25) is 0 Å². The lowest BCUT2D eigenvalue weighted by atomic mass is 9.98. The molecule has 1 aliphatic rings. The minimum atomic E-state index is -0.459. The molecule has 3 nitrogen and oxygen atoms in total. The molecule has 1 aromatic heterocycles. The van der Waals surface area contributed by atoms with Gasteiger partial charge >= 0.3 is 0 Å². The molecule has 0 unspecified atom stereocenters. The molecule has 2 aromatic carbocycles. The zero-order chi connectivity index (χ0) is 17.6. The van der Waals surface area contributed by atoms with Gasteiger partial charge in [0.2, 0.25) is 0 Å². The zero-order valence-electron chi connectivity index (χ0n) is 14.5. The fraction of sp³-hybridized carbons (Fsp3) is 0.286. The Hall–Kier alpha value is -2.62. The van der Waals surface area contributed by atoms with Crippen molar-refractivity contribution in [1.29, 1.82) is 0 Å². The molecule has 25 heavy (non-hydrogen) atoms. The van der Waals surface area contributed by atoms with Gasteiger partial charge in [-0.15, -0.1) is 0 Å². The second-order valence-electron chi connectivity index (χ2n) is 7.00. The average Bonchev–Trinajstić information content (AvgIpc) is 2.98. The van der Waals surface area contributed by atoms with Crippen molar-refractivity contribution in [3.05, 3.63) is 70.7 Å². The molecule has 0 fully saturated rings. The SMILES string of the molecule is CC(C)c1ccc2[nH]c3c(c2c1)CN(C(=O)c1ccccc1F)CC3. The van der Waals surface area contributed by atoms with Crippen molar-refractivity contribution < 1.29 is 9.18 Å². The summed E-state index contributed by atoms with van der Waals surface area (Å²) in [5.41, 5.74) is 4.89. The van der Waals surface area contributed by atoms with Crippen LogP contribution in [0.3, 0.4) is 0 Å². The number of nitrogens with one attached hydrogen (secondary N) is 1. The van der Waals surface area contributed by atoms with Gasteiger partial charge in [-0.05, 0) is 35.7 Å². The number of amides is 1. The van der Waals surface area contributed by atoms with Gasteiger partial charge in [-0.25, -0.2) is 4.39 Å². The van der Waals surface area contributed by atoms with E-state index in [1.54, 1.807) is 23.1 Å². The molecule has 0 radical (unpaired) electrons. The van der Waals surface area contributed by atoms with Crippen LogP contribution in [0.15, 0.2) is 42.5 Å². The molecule has 1 N–H and O–H groups in total. The van der Waals surface area contributed by atoms with E-state index in [1.807, 2.05) is 0 Å². The Bertz CT molecular complexity index is 958. The number of hydrogen-bond acceptors (Lipinski definition) is 1. The van der Waals surface area contributed by atoms with Gasteiger partial charge in [0.15, 0.2) is 0 Å². The number of aromatic nitrogens is 1. The predicted molar refractivity (Wildman–Crippen MR) is 97.2 cm³/mol. The van der Waals surface area contributed by atoms with Crippen molar-refractivity contribution in [2.24, 2.45) is 0 Å². The highest BCUT2D eigenvalue weighted by molar-refractivity contribution is 5.95. The summed E-state index contributed by atoms with van der Waals surface area (Å²) in [6.07, 6.45) is 0.765. The van der Waals surface area contributed by atoms with Crippen molar-refractivity contribution in [3.63, 3.8) is 0 Å². The topological polar surface area (TPSA) is 36.1 Å². The molecular weight excluding hydrogens is 315 g/mol. The number of carbonyl (C=O) groups excluding carboxylic acids is 1. The van der Waals surface area contributed by atoms with Crippen molar-refractivity contribution in [3.8, 4) is 0 Å². The van der Waals surface area contributed by atoms with Crippen molar-refractivity contribution >= 4 is 16.8 Å². The molecule has 2 heterocycles. The Morgan fingerprint density at radius 2 is 2.00 bits per heavy atom. The Kier molecular flexibility index (Phi) is 3.83. The number of nitrogens with zero attached hydrogens (tertiary/aromatic N) is 1. The molecular formula is C21H21FN2O. The van der Waals surface area contributed by atoms with Crippen LogP contribution in [0, 0.1) is 5.82 Å². The van der Waals surface area contributed by atoms with Gasteiger partial charge in [0.1, 0.15) is 5.82 Å². The number of halogens is 1. The highest BCUT2D eigenvalue weighted by Crippen LogP contribution is 2.31. The lowest BCUT2D eigenvalue weighted by Crippen LogP contribution is -2.36. The summed E-state index contributed by atoms with van der Waals surface area (Å²) in [7, 11) is 0. The Labute approximate surface area is 146 Å². The van der Waals surface area contributed by atoms with Crippen LogP contribution in [-0.2, 0) is 13.0 Å². The van der Waals surface area contributed by atoms with Gasteiger partial charge in [0.25, 0.3) is 5.91 Å². The maximum absolute atomic E-state index is 14.0. The van der Waals surface area contributed by atoms with E-state index in [-0.39, 0.29) is 11.5 Å². The summed E-state index contributed by atoms with van der Waals surface area (Å²) in [5, 5.41) is 1.17. The fourth-order valence-electron chi connectivity index (χ4n) is 3.57. The Balaban J connectivity index is 1.70. The first kappa shape index (κ1) is 15.9. The molecule has 4 heteroatoms. The lowest BCUT2D eigenvalue weighted by Gasteiger charge is -2.27. The van der Waals surface area contributed by atoms with Crippen LogP contribution in [0.5, 0.6) is 0 Å². The third-order valence-corrected chi connectivity index (χ3v) is 5.06. The first-order valence-corrected chi connectivity index (χ1v) is 8.72. The van der Waals surface area contributed by atoms with E-state index < -0.39 is 5.82 Å². The van der Waals surface area contributed by atoms with Crippen molar-refractivity contribution in [2.45, 2.75) is 32.7 Å². The van der Waals surface area contributed by atoms with E-state index in [0.29, 0.717) is 19.0 Å². The number of benzene rings is 2. The average molecular weight is 336 g/mol. The van der Waals surface area contributed by atoms with E-state index in [0.717, 1.165) is 17.5 Å². The second-order valence-corrected chi connectivity index (χ2v) is 7.00. The maximum atomic E-state index is 14.0. The molecule has 3 aromatic rings. The summed E-state index contributed by atoms with van der Waals surface area (Å²) < 4.78 is 14.0. The molecule has 128 valence electrons. The molecule has 1 aliphatic heterocycles. The fourth-order valence-corrected chi connectivity index (χ4v) is 3.57. The first-order valence-electron chi connectivity index (χ1n) is 8.72. The number of fused-ring (bicyclic) bond motifs is 3. The quantitative estimate of drug-likeness (QED) is 0.728. The van der Waals surface area contributed by atoms with Gasteiger partial charge < -0.3 is 9.88 Å². The van der Waals surface area contributed by atoms with Crippen LogP contribution in [0.1, 0.15) is 46.9 Å². The Morgan fingerprint density at radius 3 is 2.76 bits per heavy atom. The van der Waals surface area contributed by atoms with E-state index >= 15 is 0 Å². The Morgan fingerprint density at radius 1 is 1.20 bits per heavy atom. The van der Waals surface area contributed by atoms with Crippen LogP contribution < -0.4 is 0 Å². The van der Waals surface area contributed by atoms with Gasteiger partial charge in [-0.2, -0.15) is 0 Å². The van der Waals surface area contributed by atoms with Crippen molar-refractivity contribution in [2.75, 3.05) is 6.54 Å². The molecule has 0 atom stereocenters. The smallest absolute Gasteiger partial charge is 0.257 e.